The van der Waals surface area contributed by atoms with Crippen LogP contribution in [0.2, 0.25) is 5.02 Å². The number of ketones is 1. The molecule has 1 aliphatic heterocycles. The van der Waals surface area contributed by atoms with Crippen LogP contribution in [0.3, 0.4) is 0 Å². The van der Waals surface area contributed by atoms with E-state index in [9.17, 15) is 14.0 Å². The lowest BCUT2D eigenvalue weighted by atomic mass is 10.0. The third-order valence-corrected chi connectivity index (χ3v) is 5.15. The van der Waals surface area contributed by atoms with Gasteiger partial charge in [0.15, 0.2) is 12.4 Å². The molecule has 0 spiro atoms. The van der Waals surface area contributed by atoms with Gasteiger partial charge >= 0.3 is 5.97 Å². The first-order chi connectivity index (χ1) is 15.4. The molecule has 3 aromatic carbocycles. The first-order valence-electron chi connectivity index (χ1n) is 9.77. The van der Waals surface area contributed by atoms with Gasteiger partial charge in [-0.2, -0.15) is 0 Å². The zero-order valence-electron chi connectivity index (χ0n) is 17.1. The highest BCUT2D eigenvalue weighted by molar-refractivity contribution is 6.32. The monoisotopic (exact) mass is 452 g/mol. The van der Waals surface area contributed by atoms with Gasteiger partial charge in [0.05, 0.1) is 10.6 Å². The summed E-state index contributed by atoms with van der Waals surface area (Å²) in [7, 11) is 0. The number of allylic oxidation sites excluding steroid dienone is 1. The van der Waals surface area contributed by atoms with Gasteiger partial charge in [-0.1, -0.05) is 48.0 Å². The number of ether oxygens (including phenoxy) is 3. The third-order valence-electron chi connectivity index (χ3n) is 4.82. The number of aryl methyl sites for hydroxylation is 1. The summed E-state index contributed by atoms with van der Waals surface area (Å²) in [5.74, 6) is -0.914. The van der Waals surface area contributed by atoms with Crippen LogP contribution >= 0.6 is 11.6 Å². The number of halogens is 2. The number of esters is 1. The first-order valence-corrected chi connectivity index (χ1v) is 10.2. The van der Waals surface area contributed by atoms with Crippen molar-refractivity contribution < 1.29 is 28.2 Å². The topological polar surface area (TPSA) is 61.8 Å². The molecule has 7 heteroatoms. The van der Waals surface area contributed by atoms with Crippen molar-refractivity contribution in [3.8, 4) is 11.5 Å². The molecule has 0 saturated carbocycles. The fraction of sp³-hybridized carbons (Fsp3) is 0.120. The quantitative estimate of drug-likeness (QED) is 0.363. The van der Waals surface area contributed by atoms with E-state index in [1.807, 2.05) is 30.3 Å². The molecule has 0 fully saturated rings. The van der Waals surface area contributed by atoms with Gasteiger partial charge in [0.1, 0.15) is 23.9 Å². The molecule has 0 radical (unpaired) electrons. The minimum absolute atomic E-state index is 0.0467. The van der Waals surface area contributed by atoms with Crippen LogP contribution < -0.4 is 9.47 Å². The highest BCUT2D eigenvalue weighted by atomic mass is 35.5. The summed E-state index contributed by atoms with van der Waals surface area (Å²) >= 11 is 6.04. The number of hydrogen-bond acceptors (Lipinski definition) is 5. The fourth-order valence-electron chi connectivity index (χ4n) is 3.26. The molecule has 0 unspecified atom stereocenters. The molecule has 1 aliphatic rings. The minimum Gasteiger partial charge on any atom is -0.482 e. The molecule has 1 heterocycles. The Morgan fingerprint density at radius 3 is 2.66 bits per heavy atom. The number of rotatable bonds is 6. The molecule has 32 heavy (non-hydrogen) atoms. The van der Waals surface area contributed by atoms with Crippen molar-refractivity contribution in [3.63, 3.8) is 0 Å². The van der Waals surface area contributed by atoms with Crippen LogP contribution in [0.15, 0.2) is 66.4 Å². The normalized spacial score (nSPS) is 13.6. The van der Waals surface area contributed by atoms with Crippen molar-refractivity contribution in [2.45, 2.75) is 13.5 Å². The Kier molecular flexibility index (Phi) is 6.23. The van der Waals surface area contributed by atoms with Gasteiger partial charge in [-0.05, 0) is 42.3 Å². The summed E-state index contributed by atoms with van der Waals surface area (Å²) < 4.78 is 30.5. The maximum absolute atomic E-state index is 14.1. The van der Waals surface area contributed by atoms with Crippen molar-refractivity contribution in [3.05, 3.63) is 99.5 Å². The Labute approximate surface area is 189 Å². The number of fused-ring (bicyclic) bond motifs is 1. The van der Waals surface area contributed by atoms with E-state index in [1.54, 1.807) is 13.0 Å². The lowest BCUT2D eigenvalue weighted by Gasteiger charge is -2.09. The van der Waals surface area contributed by atoms with Crippen molar-refractivity contribution in [2.75, 3.05) is 6.61 Å². The molecule has 0 aliphatic carbocycles. The van der Waals surface area contributed by atoms with Crippen LogP contribution in [0, 0.1) is 12.7 Å². The van der Waals surface area contributed by atoms with Gasteiger partial charge in [-0.15, -0.1) is 0 Å². The smallest absolute Gasteiger partial charge is 0.344 e. The van der Waals surface area contributed by atoms with Gasteiger partial charge in [-0.3, -0.25) is 4.79 Å². The summed E-state index contributed by atoms with van der Waals surface area (Å²) in [5.41, 5.74) is 1.89. The van der Waals surface area contributed by atoms with Crippen molar-refractivity contribution in [1.82, 2.24) is 0 Å². The van der Waals surface area contributed by atoms with Crippen molar-refractivity contribution in [2.24, 2.45) is 0 Å². The Morgan fingerprint density at radius 2 is 1.91 bits per heavy atom. The minimum atomic E-state index is -0.563. The van der Waals surface area contributed by atoms with E-state index in [2.05, 4.69) is 0 Å². The number of benzene rings is 3. The fourth-order valence-corrected chi connectivity index (χ4v) is 3.48. The third kappa shape index (κ3) is 4.65. The molecule has 3 aromatic rings. The number of Topliss-reactive ketones (excluding diaryl/α,β-unsaturated/α-hetero) is 1. The standard InChI is InChI=1S/C25H18ClFO5/c1-15-10-17(30-14-23(28)31-13-16-6-3-2-4-7-16)11-21-24(15)25(29)22(32-21)12-18-19(26)8-5-9-20(18)27/h2-12H,13-14H2,1H3/b22-12-. The highest BCUT2D eigenvalue weighted by Gasteiger charge is 2.30. The Bertz CT molecular complexity index is 1200. The SMILES string of the molecule is Cc1cc(OCC(=O)OCc2ccccc2)cc2c1C(=O)/C(=C/c1c(F)cccc1Cl)O2. The Balaban J connectivity index is 1.45. The number of carbonyl (C=O) groups is 2. The van der Waals surface area contributed by atoms with Crippen LogP contribution in [0.1, 0.15) is 27.0 Å². The number of hydrogen-bond donors (Lipinski definition) is 0. The molecule has 0 bridgehead atoms. The molecular weight excluding hydrogens is 435 g/mol. The van der Waals surface area contributed by atoms with E-state index in [4.69, 9.17) is 25.8 Å². The lowest BCUT2D eigenvalue weighted by Crippen LogP contribution is -2.14. The Hall–Kier alpha value is -3.64. The van der Waals surface area contributed by atoms with Gasteiger partial charge < -0.3 is 14.2 Å². The summed E-state index contributed by atoms with van der Waals surface area (Å²) in [4.78, 5) is 24.8. The maximum atomic E-state index is 14.1. The summed E-state index contributed by atoms with van der Waals surface area (Å²) in [6.45, 7) is 1.57. The molecule has 0 atom stereocenters. The van der Waals surface area contributed by atoms with Crippen molar-refractivity contribution >= 4 is 29.4 Å². The molecule has 0 N–H and O–H groups in total. The second-order valence-corrected chi connectivity index (χ2v) is 7.53. The zero-order chi connectivity index (χ0) is 22.7. The molecule has 0 amide bonds. The van der Waals surface area contributed by atoms with Crippen LogP contribution in [-0.2, 0) is 16.1 Å². The highest BCUT2D eigenvalue weighted by Crippen LogP contribution is 2.38. The van der Waals surface area contributed by atoms with E-state index in [0.717, 1.165) is 5.56 Å². The van der Waals surface area contributed by atoms with Gasteiger partial charge in [0, 0.05) is 11.6 Å². The second-order valence-electron chi connectivity index (χ2n) is 7.12. The number of carbonyl (C=O) groups excluding carboxylic acids is 2. The van der Waals surface area contributed by atoms with E-state index in [1.165, 1.54) is 30.3 Å². The van der Waals surface area contributed by atoms with E-state index < -0.39 is 11.8 Å². The Morgan fingerprint density at radius 1 is 1.12 bits per heavy atom. The first kappa shape index (κ1) is 21.6. The summed E-state index contributed by atoms with van der Waals surface area (Å²) in [6.07, 6.45) is 1.28. The van der Waals surface area contributed by atoms with E-state index in [0.29, 0.717) is 16.9 Å². The largest absolute Gasteiger partial charge is 0.482 e. The molecular formula is C25H18ClFO5. The van der Waals surface area contributed by atoms with E-state index in [-0.39, 0.29) is 41.1 Å². The summed E-state index contributed by atoms with van der Waals surface area (Å²) in [5, 5.41) is 0.166. The summed E-state index contributed by atoms with van der Waals surface area (Å²) in [6, 6.07) is 16.7. The van der Waals surface area contributed by atoms with Crippen LogP contribution in [0.25, 0.3) is 6.08 Å². The predicted octanol–water partition coefficient (Wildman–Crippen LogP) is 5.53. The molecule has 0 saturated heterocycles. The molecule has 5 nitrogen and oxygen atoms in total. The molecule has 0 aromatic heterocycles. The lowest BCUT2D eigenvalue weighted by molar-refractivity contribution is -0.147. The van der Waals surface area contributed by atoms with Gasteiger partial charge in [-0.25, -0.2) is 9.18 Å². The van der Waals surface area contributed by atoms with Gasteiger partial charge in [0.25, 0.3) is 0 Å². The van der Waals surface area contributed by atoms with Crippen LogP contribution in [0.5, 0.6) is 11.5 Å². The average molecular weight is 453 g/mol. The predicted molar refractivity (Wildman–Crippen MR) is 117 cm³/mol. The van der Waals surface area contributed by atoms with Crippen LogP contribution in [-0.4, -0.2) is 18.4 Å². The van der Waals surface area contributed by atoms with Gasteiger partial charge in [0.2, 0.25) is 5.78 Å². The second kappa shape index (κ2) is 9.24. The maximum Gasteiger partial charge on any atom is 0.344 e. The van der Waals surface area contributed by atoms with Crippen LogP contribution in [0.4, 0.5) is 4.39 Å². The van der Waals surface area contributed by atoms with E-state index >= 15 is 0 Å². The molecule has 162 valence electrons. The average Bonchev–Trinajstić information content (AvgIpc) is 3.09. The molecule has 4 rings (SSSR count). The van der Waals surface area contributed by atoms with Crippen molar-refractivity contribution in [1.29, 1.82) is 0 Å². The zero-order valence-corrected chi connectivity index (χ0v) is 17.8.